The first-order valence-electron chi connectivity index (χ1n) is 35.7. The van der Waals surface area contributed by atoms with Gasteiger partial charge in [0.25, 0.3) is 0 Å². The third-order valence-corrected chi connectivity index (χ3v) is 23.8. The Morgan fingerprint density at radius 1 is 0.255 bits per heavy atom. The van der Waals surface area contributed by atoms with Gasteiger partial charge in [-0.05, 0) is 250 Å². The van der Waals surface area contributed by atoms with Crippen LogP contribution in [-0.4, -0.2) is 27.5 Å². The number of aromatic nitrogens is 2. The number of hydrogen-bond donors (Lipinski definition) is 0. The molecule has 0 spiro atoms. The van der Waals surface area contributed by atoms with Crippen LogP contribution in [0.4, 0.5) is 0 Å². The van der Waals surface area contributed by atoms with Gasteiger partial charge in [-0.1, -0.05) is 250 Å². The molecule has 0 saturated carbocycles. The predicted molar refractivity (Wildman–Crippen MR) is 437 cm³/mol. The second kappa shape index (κ2) is 23.1. The Labute approximate surface area is 603 Å². The fourth-order valence-electron chi connectivity index (χ4n) is 17.4. The van der Waals surface area contributed by atoms with Crippen LogP contribution in [0.2, 0.25) is 0 Å². The van der Waals surface area contributed by atoms with E-state index in [0.717, 1.165) is 9.94 Å². The normalized spacial score (nSPS) is 15.1. The summed E-state index contributed by atoms with van der Waals surface area (Å²) >= 11 is 3.57. The van der Waals surface area contributed by atoms with E-state index in [4.69, 9.17) is 9.31 Å². The number of benzene rings is 16. The lowest BCUT2D eigenvalue weighted by atomic mass is 9.76. The molecule has 3 aliphatic rings. The van der Waals surface area contributed by atoms with Crippen molar-refractivity contribution in [3.05, 3.63) is 330 Å². The van der Waals surface area contributed by atoms with Crippen LogP contribution in [0.25, 0.3) is 153 Å². The summed E-state index contributed by atoms with van der Waals surface area (Å²) < 4.78 is 18.6. The lowest BCUT2D eigenvalue weighted by Gasteiger charge is -2.32. The van der Waals surface area contributed by atoms with Crippen molar-refractivity contribution in [3.63, 3.8) is 0 Å². The molecule has 0 atom stereocenters. The van der Waals surface area contributed by atoms with E-state index in [1.54, 1.807) is 0 Å². The molecule has 0 amide bonds. The van der Waals surface area contributed by atoms with Crippen molar-refractivity contribution in [2.24, 2.45) is 0 Å². The fraction of sp³-hybridized carbons (Fsp3) is 0.125. The van der Waals surface area contributed by atoms with E-state index in [-0.39, 0.29) is 29.2 Å². The molecule has 6 heteroatoms. The maximum absolute atomic E-state index is 6.40. The molecule has 102 heavy (non-hydrogen) atoms. The number of rotatable bonds is 4. The molecule has 1 saturated heterocycles. The van der Waals surface area contributed by atoms with Gasteiger partial charge in [0.1, 0.15) is 0 Å². The molecule has 0 N–H and O–H groups in total. The Morgan fingerprint density at radius 2 is 0.578 bits per heavy atom. The number of para-hydroxylation sites is 4. The zero-order chi connectivity index (χ0) is 69.1. The maximum Gasteiger partial charge on any atom is 0.494 e. The highest BCUT2D eigenvalue weighted by Gasteiger charge is 2.52. The molecule has 4 nitrogen and oxygen atoms in total. The summed E-state index contributed by atoms with van der Waals surface area (Å²) in [6, 6.07) is 111. The summed E-state index contributed by atoms with van der Waals surface area (Å²) in [5.41, 5.74) is 20.9. The Balaban J connectivity index is 0.000000114. The Kier molecular flexibility index (Phi) is 14.1. The molecule has 3 heterocycles. The van der Waals surface area contributed by atoms with Crippen molar-refractivity contribution in [1.82, 2.24) is 9.13 Å². The summed E-state index contributed by atoms with van der Waals surface area (Å²) in [6.45, 7) is 17.9. The largest absolute Gasteiger partial charge is 0.494 e. The highest BCUT2D eigenvalue weighted by atomic mass is 79.9. The van der Waals surface area contributed by atoms with E-state index >= 15 is 0 Å². The van der Waals surface area contributed by atoms with E-state index in [0.29, 0.717) is 0 Å². The Hall–Kier alpha value is -10.9. The first-order valence-corrected chi connectivity index (χ1v) is 36.5. The van der Waals surface area contributed by atoms with Crippen LogP contribution in [0.3, 0.4) is 0 Å². The third-order valence-electron chi connectivity index (χ3n) is 23.3. The summed E-state index contributed by atoms with van der Waals surface area (Å²) in [7, 11) is -0.363. The van der Waals surface area contributed by atoms with Gasteiger partial charge in [0.05, 0.1) is 33.3 Å². The molecule has 18 aromatic rings. The summed E-state index contributed by atoms with van der Waals surface area (Å²) in [5, 5.41) is 21.0. The van der Waals surface area contributed by atoms with Crippen LogP contribution in [0, 0.1) is 0 Å². The van der Waals surface area contributed by atoms with E-state index < -0.39 is 0 Å². The quantitative estimate of drug-likeness (QED) is 0.130. The molecule has 1 aliphatic heterocycles. The standard InChI is InChI=1S/C45H31N.C33H31BO2.C18H12BrN/c1-45(2)41-22-20-28(29-21-23-44-40(25-29)35-18-10-11-19-43(35)46(44)30-12-4-3-5-13-30)24-38(41)39-26-36-33-16-8-6-14-31(33)32-15-7-9-17-34(32)37(36)27-42(39)45;1-31(2)29-16-15-20(34-35-32(3,4)33(5,6)36-34)17-27(29)28-18-25-23-13-9-7-11-21(23)22-12-8-10-14-24(22)26(25)19-30(28)31;19-13-10-11-18-16(12-13)15-8-4-5-9-17(15)20(18)14-6-2-1-3-7-14/h3-27H,1-2H3;7-19H,1-6H3;1-12H. The van der Waals surface area contributed by atoms with Crippen LogP contribution >= 0.6 is 15.9 Å². The molecular formula is C96H74BBrN2O2. The predicted octanol–water partition coefficient (Wildman–Crippen LogP) is 25.5. The number of hydrogen-bond acceptors (Lipinski definition) is 2. The average molecular weight is 1380 g/mol. The van der Waals surface area contributed by atoms with Crippen LogP contribution < -0.4 is 5.46 Å². The fourth-order valence-corrected chi connectivity index (χ4v) is 17.8. The minimum absolute atomic E-state index is 0.0833. The van der Waals surface area contributed by atoms with E-state index in [1.807, 2.05) is 6.07 Å². The van der Waals surface area contributed by atoms with Gasteiger partial charge in [-0.25, -0.2) is 0 Å². The van der Waals surface area contributed by atoms with Crippen molar-refractivity contribution in [1.29, 1.82) is 0 Å². The summed E-state index contributed by atoms with van der Waals surface area (Å²) in [6.07, 6.45) is 0. The minimum Gasteiger partial charge on any atom is -0.399 e. The van der Waals surface area contributed by atoms with Gasteiger partial charge in [0, 0.05) is 48.2 Å². The third kappa shape index (κ3) is 9.49. The van der Waals surface area contributed by atoms with E-state index in [9.17, 15) is 0 Å². The van der Waals surface area contributed by atoms with Crippen molar-refractivity contribution in [2.75, 3.05) is 0 Å². The molecule has 2 aromatic heterocycles. The summed E-state index contributed by atoms with van der Waals surface area (Å²) in [4.78, 5) is 0. The lowest BCUT2D eigenvalue weighted by Crippen LogP contribution is -2.41. The smallest absolute Gasteiger partial charge is 0.399 e. The molecule has 0 unspecified atom stereocenters. The van der Waals surface area contributed by atoms with Gasteiger partial charge in [0.2, 0.25) is 0 Å². The van der Waals surface area contributed by atoms with Gasteiger partial charge in [0.15, 0.2) is 0 Å². The van der Waals surface area contributed by atoms with Crippen molar-refractivity contribution in [2.45, 2.75) is 77.4 Å². The number of halogens is 1. The first kappa shape index (κ1) is 62.2. The second-order valence-electron chi connectivity index (χ2n) is 30.2. The van der Waals surface area contributed by atoms with E-state index in [2.05, 4.69) is 378 Å². The molecule has 1 fully saturated rings. The molecule has 490 valence electrons. The van der Waals surface area contributed by atoms with Crippen LogP contribution in [0.5, 0.6) is 0 Å². The molecular weight excluding hydrogens is 1300 g/mol. The van der Waals surface area contributed by atoms with Gasteiger partial charge in [-0.15, -0.1) is 0 Å². The molecule has 0 radical (unpaired) electrons. The monoisotopic (exact) mass is 1380 g/mol. The van der Waals surface area contributed by atoms with Crippen molar-refractivity contribution < 1.29 is 9.31 Å². The van der Waals surface area contributed by atoms with Crippen LogP contribution in [-0.2, 0) is 20.1 Å². The topological polar surface area (TPSA) is 28.3 Å². The second-order valence-corrected chi connectivity index (χ2v) is 31.2. The Morgan fingerprint density at radius 3 is 1.03 bits per heavy atom. The maximum atomic E-state index is 6.40. The first-order chi connectivity index (χ1) is 49.5. The SMILES string of the molecule is Brc1ccc2c(c1)c1ccccc1n2-c1ccccc1.CC1(C)c2ccc(-c3ccc4c(c3)c3ccccc3n4-c3ccccc3)cc2-c2cc3c4ccccc4c4ccccc4c3cc21.CC1(C)c2ccc(B3OC(C)(C)C(C)(C)O3)cc2-c2cc3c4ccccc4c4ccccc4c3cc21. The Bertz CT molecular complexity index is 6520. The van der Waals surface area contributed by atoms with Gasteiger partial charge < -0.3 is 18.4 Å². The zero-order valence-corrected chi connectivity index (χ0v) is 60.1. The lowest BCUT2D eigenvalue weighted by molar-refractivity contribution is 0.00578. The van der Waals surface area contributed by atoms with Crippen molar-refractivity contribution in [3.8, 4) is 44.8 Å². The number of fused-ring (bicyclic) bond motifs is 24. The zero-order valence-electron chi connectivity index (χ0n) is 58.5. The van der Waals surface area contributed by atoms with E-state index in [1.165, 1.54) is 175 Å². The van der Waals surface area contributed by atoms with Gasteiger partial charge in [-0.3, -0.25) is 0 Å². The number of nitrogens with zero attached hydrogens (tertiary/aromatic N) is 2. The molecule has 0 bridgehead atoms. The van der Waals surface area contributed by atoms with Gasteiger partial charge in [-0.2, -0.15) is 0 Å². The summed E-state index contributed by atoms with van der Waals surface area (Å²) in [5.74, 6) is 0. The molecule has 2 aliphatic carbocycles. The van der Waals surface area contributed by atoms with Gasteiger partial charge >= 0.3 is 7.12 Å². The van der Waals surface area contributed by atoms with Crippen LogP contribution in [0.1, 0.15) is 77.6 Å². The molecule has 21 rings (SSSR count). The molecule has 16 aromatic carbocycles. The highest BCUT2D eigenvalue weighted by Crippen LogP contribution is 2.54. The average Bonchev–Trinajstić information content (AvgIpc) is 1.49. The minimum atomic E-state index is -0.363. The highest BCUT2D eigenvalue weighted by molar-refractivity contribution is 9.10. The van der Waals surface area contributed by atoms with Crippen LogP contribution in [0.15, 0.2) is 308 Å². The van der Waals surface area contributed by atoms with Crippen molar-refractivity contribution >= 4 is 137 Å².